The van der Waals surface area contributed by atoms with Crippen LogP contribution in [0.4, 0.5) is 4.39 Å². The number of aryl methyl sites for hydroxylation is 1. The van der Waals surface area contributed by atoms with Crippen molar-refractivity contribution < 1.29 is 9.50 Å². The van der Waals surface area contributed by atoms with Gasteiger partial charge in [-0.3, -0.25) is 0 Å². The summed E-state index contributed by atoms with van der Waals surface area (Å²) in [4.78, 5) is 0.700. The Morgan fingerprint density at radius 3 is 2.53 bits per heavy atom. The first kappa shape index (κ1) is 13.2. The Kier molecular flexibility index (Phi) is 4.02. The molecule has 2 aromatic rings. The zero-order valence-electron chi connectivity index (χ0n) is 8.88. The highest BCUT2D eigenvalue weighted by Crippen LogP contribution is 2.38. The zero-order valence-corrected chi connectivity index (χ0v) is 12.9. The molecule has 0 fully saturated rings. The van der Waals surface area contributed by atoms with Gasteiger partial charge in [0.1, 0.15) is 11.9 Å². The predicted molar refractivity (Wildman–Crippen MR) is 74.9 cm³/mol. The van der Waals surface area contributed by atoms with E-state index in [-0.39, 0.29) is 5.82 Å². The fraction of sp³-hybridized carbons (Fsp3) is 0.167. The van der Waals surface area contributed by atoms with Crippen LogP contribution in [0.3, 0.4) is 0 Å². The average Bonchev–Trinajstić information content (AvgIpc) is 2.58. The molecule has 90 valence electrons. The molecular formula is C12H9Br2FOS. The van der Waals surface area contributed by atoms with E-state index in [1.54, 1.807) is 18.2 Å². The Balaban J connectivity index is 2.39. The fourth-order valence-corrected chi connectivity index (χ4v) is 3.60. The van der Waals surface area contributed by atoms with Crippen LogP contribution in [-0.4, -0.2) is 5.11 Å². The molecule has 17 heavy (non-hydrogen) atoms. The summed E-state index contributed by atoms with van der Waals surface area (Å²) in [6.07, 6.45) is -0.928. The SMILES string of the molecule is Cc1ccc(C(O)c2cc(Br)c(Br)s2)c(F)c1. The maximum Gasteiger partial charge on any atom is 0.129 e. The Hall–Kier alpha value is -0.230. The minimum atomic E-state index is -0.928. The van der Waals surface area contributed by atoms with Crippen molar-refractivity contribution in [2.45, 2.75) is 13.0 Å². The predicted octanol–water partition coefficient (Wildman–Crippen LogP) is 4.80. The lowest BCUT2D eigenvalue weighted by molar-refractivity contribution is 0.218. The lowest BCUT2D eigenvalue weighted by atomic mass is 10.1. The molecule has 1 nitrogen and oxygen atoms in total. The van der Waals surface area contributed by atoms with Gasteiger partial charge in [-0.2, -0.15) is 0 Å². The molecule has 1 aromatic heterocycles. The van der Waals surface area contributed by atoms with Crippen LogP contribution in [0, 0.1) is 12.7 Å². The van der Waals surface area contributed by atoms with E-state index in [0.717, 1.165) is 13.8 Å². The third kappa shape index (κ3) is 2.78. The summed E-state index contributed by atoms with van der Waals surface area (Å²) in [5.74, 6) is -0.377. The van der Waals surface area contributed by atoms with Gasteiger partial charge in [-0.1, -0.05) is 12.1 Å². The molecule has 1 heterocycles. The summed E-state index contributed by atoms with van der Waals surface area (Å²) in [7, 11) is 0. The standard InChI is InChI=1S/C12H9Br2FOS/c1-6-2-3-7(9(15)4-6)11(16)10-5-8(13)12(14)17-10/h2-5,11,16H,1H3. The van der Waals surface area contributed by atoms with Gasteiger partial charge in [0.25, 0.3) is 0 Å². The van der Waals surface area contributed by atoms with Gasteiger partial charge >= 0.3 is 0 Å². The second kappa shape index (κ2) is 5.18. The van der Waals surface area contributed by atoms with Gasteiger partial charge in [0.05, 0.1) is 3.79 Å². The van der Waals surface area contributed by atoms with E-state index in [4.69, 9.17) is 0 Å². The molecule has 0 aliphatic carbocycles. The van der Waals surface area contributed by atoms with Gasteiger partial charge in [-0.25, -0.2) is 4.39 Å². The van der Waals surface area contributed by atoms with Crippen LogP contribution in [0.15, 0.2) is 32.5 Å². The van der Waals surface area contributed by atoms with Crippen molar-refractivity contribution in [3.63, 3.8) is 0 Å². The van der Waals surface area contributed by atoms with E-state index in [2.05, 4.69) is 31.9 Å². The summed E-state index contributed by atoms with van der Waals surface area (Å²) in [6.45, 7) is 1.82. The first-order chi connectivity index (χ1) is 7.99. The maximum atomic E-state index is 13.7. The van der Waals surface area contributed by atoms with Crippen LogP contribution in [0.25, 0.3) is 0 Å². The molecule has 0 bridgehead atoms. The smallest absolute Gasteiger partial charge is 0.129 e. The highest BCUT2D eigenvalue weighted by atomic mass is 79.9. The molecule has 0 aliphatic heterocycles. The van der Waals surface area contributed by atoms with E-state index in [1.807, 2.05) is 6.92 Å². The number of halogens is 3. The number of aliphatic hydroxyl groups excluding tert-OH is 1. The molecule has 0 amide bonds. The van der Waals surface area contributed by atoms with E-state index >= 15 is 0 Å². The van der Waals surface area contributed by atoms with E-state index in [1.165, 1.54) is 17.4 Å². The third-order valence-electron chi connectivity index (χ3n) is 2.38. The molecule has 0 radical (unpaired) electrons. The van der Waals surface area contributed by atoms with Crippen LogP contribution in [-0.2, 0) is 0 Å². The van der Waals surface area contributed by atoms with Gasteiger partial charge in [0, 0.05) is 14.9 Å². The largest absolute Gasteiger partial charge is 0.383 e. The van der Waals surface area contributed by atoms with Gasteiger partial charge in [-0.15, -0.1) is 11.3 Å². The maximum absolute atomic E-state index is 13.7. The van der Waals surface area contributed by atoms with Gasteiger partial charge in [0.2, 0.25) is 0 Å². The van der Waals surface area contributed by atoms with Gasteiger partial charge in [-0.05, 0) is 56.5 Å². The molecule has 1 atom stereocenters. The Labute approximate surface area is 120 Å². The number of aliphatic hydroxyl groups is 1. The molecule has 1 unspecified atom stereocenters. The average molecular weight is 380 g/mol. The lowest BCUT2D eigenvalue weighted by Gasteiger charge is -2.10. The Morgan fingerprint density at radius 1 is 1.29 bits per heavy atom. The number of thiophene rings is 1. The molecule has 0 spiro atoms. The molecule has 2 rings (SSSR count). The Bertz CT molecular complexity index is 534. The first-order valence-corrected chi connectivity index (χ1v) is 7.28. The molecule has 0 aliphatic rings. The second-order valence-corrected chi connectivity index (χ2v) is 6.95. The number of rotatable bonds is 2. The van der Waals surface area contributed by atoms with E-state index < -0.39 is 6.10 Å². The van der Waals surface area contributed by atoms with Crippen molar-refractivity contribution >= 4 is 43.2 Å². The van der Waals surface area contributed by atoms with Crippen LogP contribution >= 0.6 is 43.2 Å². The van der Waals surface area contributed by atoms with E-state index in [9.17, 15) is 9.50 Å². The van der Waals surface area contributed by atoms with Crippen molar-refractivity contribution in [2.75, 3.05) is 0 Å². The normalized spacial score (nSPS) is 12.8. The highest BCUT2D eigenvalue weighted by Gasteiger charge is 2.18. The van der Waals surface area contributed by atoms with Crippen molar-refractivity contribution in [3.8, 4) is 0 Å². The van der Waals surface area contributed by atoms with Crippen LogP contribution in [0.2, 0.25) is 0 Å². The summed E-state index contributed by atoms with van der Waals surface area (Å²) < 4.78 is 15.5. The number of hydrogen-bond acceptors (Lipinski definition) is 2. The molecule has 0 saturated carbocycles. The summed E-state index contributed by atoms with van der Waals surface area (Å²) in [5.41, 5.74) is 1.14. The number of benzene rings is 1. The molecule has 1 aromatic carbocycles. The van der Waals surface area contributed by atoms with E-state index in [0.29, 0.717) is 10.4 Å². The summed E-state index contributed by atoms with van der Waals surface area (Å²) >= 11 is 8.08. The molecular weight excluding hydrogens is 371 g/mol. The van der Waals surface area contributed by atoms with Crippen molar-refractivity contribution in [2.24, 2.45) is 0 Å². The lowest BCUT2D eigenvalue weighted by Crippen LogP contribution is -2.00. The summed E-state index contributed by atoms with van der Waals surface area (Å²) in [6, 6.07) is 6.63. The van der Waals surface area contributed by atoms with Crippen LogP contribution in [0.5, 0.6) is 0 Å². The molecule has 5 heteroatoms. The summed E-state index contributed by atoms with van der Waals surface area (Å²) in [5, 5.41) is 10.1. The Morgan fingerprint density at radius 2 is 2.00 bits per heavy atom. The fourth-order valence-electron chi connectivity index (χ4n) is 1.51. The second-order valence-electron chi connectivity index (χ2n) is 3.70. The molecule has 0 saturated heterocycles. The topological polar surface area (TPSA) is 20.2 Å². The number of hydrogen-bond donors (Lipinski definition) is 1. The van der Waals surface area contributed by atoms with Crippen LogP contribution < -0.4 is 0 Å². The monoisotopic (exact) mass is 378 g/mol. The van der Waals surface area contributed by atoms with Crippen molar-refractivity contribution in [1.82, 2.24) is 0 Å². The first-order valence-electron chi connectivity index (χ1n) is 4.88. The zero-order chi connectivity index (χ0) is 12.6. The minimum absolute atomic E-state index is 0.303. The van der Waals surface area contributed by atoms with Crippen molar-refractivity contribution in [1.29, 1.82) is 0 Å². The minimum Gasteiger partial charge on any atom is -0.383 e. The molecule has 1 N–H and O–H groups in total. The third-order valence-corrected chi connectivity index (χ3v) is 5.69. The van der Waals surface area contributed by atoms with Crippen molar-refractivity contribution in [3.05, 3.63) is 54.3 Å². The van der Waals surface area contributed by atoms with Crippen LogP contribution in [0.1, 0.15) is 22.1 Å². The van der Waals surface area contributed by atoms with Gasteiger partial charge < -0.3 is 5.11 Å². The van der Waals surface area contributed by atoms with Gasteiger partial charge in [0.15, 0.2) is 0 Å². The quantitative estimate of drug-likeness (QED) is 0.794. The highest BCUT2D eigenvalue weighted by molar-refractivity contribution is 9.13.